The van der Waals surface area contributed by atoms with E-state index < -0.39 is 4.92 Å². The number of nitrogens with zero attached hydrogens (tertiary/aromatic N) is 4. The second kappa shape index (κ2) is 6.52. The van der Waals surface area contributed by atoms with Crippen molar-refractivity contribution in [2.75, 3.05) is 21.3 Å². The van der Waals surface area contributed by atoms with Gasteiger partial charge < -0.3 is 18.9 Å². The van der Waals surface area contributed by atoms with E-state index >= 15 is 0 Å². The predicted molar refractivity (Wildman–Crippen MR) is 72.7 cm³/mol. The van der Waals surface area contributed by atoms with Crippen LogP contribution in [0.3, 0.4) is 0 Å². The molecule has 2 aromatic rings. The molecule has 0 aliphatic heterocycles. The molecule has 0 aliphatic rings. The minimum Gasteiger partial charge on any atom is -0.497 e. The van der Waals surface area contributed by atoms with E-state index in [-0.39, 0.29) is 29.5 Å². The van der Waals surface area contributed by atoms with Crippen molar-refractivity contribution in [2.45, 2.75) is 0 Å². The van der Waals surface area contributed by atoms with Crippen LogP contribution in [0.1, 0.15) is 0 Å². The van der Waals surface area contributed by atoms with Gasteiger partial charge in [-0.15, -0.1) is 15.0 Å². The second-order valence-electron chi connectivity index (χ2n) is 3.78. The minimum atomic E-state index is -0.593. The Morgan fingerprint density at radius 1 is 0.955 bits per heavy atom. The number of nitro groups is 1. The van der Waals surface area contributed by atoms with Gasteiger partial charge in [0.25, 0.3) is 0 Å². The highest BCUT2D eigenvalue weighted by Crippen LogP contribution is 2.34. The number of nitro benzene ring substituents is 1. The Labute approximate surface area is 124 Å². The molecule has 0 saturated heterocycles. The van der Waals surface area contributed by atoms with Gasteiger partial charge in [0.15, 0.2) is 0 Å². The molecule has 0 radical (unpaired) electrons. The zero-order chi connectivity index (χ0) is 16.1. The fourth-order valence-corrected chi connectivity index (χ4v) is 1.50. The molecule has 0 bridgehead atoms. The Morgan fingerprint density at radius 2 is 1.55 bits per heavy atom. The van der Waals surface area contributed by atoms with Crippen molar-refractivity contribution in [3.63, 3.8) is 0 Å². The average molecular weight is 308 g/mol. The van der Waals surface area contributed by atoms with Gasteiger partial charge in [-0.05, 0) is 6.07 Å². The molecule has 1 heterocycles. The van der Waals surface area contributed by atoms with Crippen LogP contribution >= 0.6 is 0 Å². The molecule has 0 N–H and O–H groups in total. The number of hydrogen-bond donors (Lipinski definition) is 0. The number of ether oxygens (including phenoxy) is 4. The third-order valence-electron chi connectivity index (χ3n) is 2.50. The second-order valence-corrected chi connectivity index (χ2v) is 3.78. The molecule has 2 rings (SSSR count). The lowest BCUT2D eigenvalue weighted by Gasteiger charge is -2.08. The summed E-state index contributed by atoms with van der Waals surface area (Å²) in [4.78, 5) is 21.9. The van der Waals surface area contributed by atoms with Gasteiger partial charge in [-0.2, -0.15) is 0 Å². The van der Waals surface area contributed by atoms with Crippen LogP contribution in [-0.4, -0.2) is 41.2 Å². The summed E-state index contributed by atoms with van der Waals surface area (Å²) in [5.74, 6) is 0.299. The van der Waals surface area contributed by atoms with Crippen molar-refractivity contribution in [3.8, 4) is 29.5 Å². The van der Waals surface area contributed by atoms with E-state index in [1.54, 1.807) is 0 Å². The smallest absolute Gasteiger partial charge is 0.331 e. The van der Waals surface area contributed by atoms with Crippen LogP contribution in [0.4, 0.5) is 5.69 Å². The summed E-state index contributed by atoms with van der Waals surface area (Å²) in [5, 5.41) is 11.0. The normalized spacial score (nSPS) is 9.95. The first-order valence-electron chi connectivity index (χ1n) is 5.91. The van der Waals surface area contributed by atoms with Gasteiger partial charge in [0.2, 0.25) is 5.75 Å². The molecule has 0 fully saturated rings. The van der Waals surface area contributed by atoms with Gasteiger partial charge in [0.1, 0.15) is 5.75 Å². The SMILES string of the molecule is COc1ccc([N+](=O)[O-])c(Oc2nc(OC)nc(OC)n2)c1. The minimum absolute atomic E-state index is 0.0487. The number of rotatable bonds is 6. The fourth-order valence-electron chi connectivity index (χ4n) is 1.50. The third-order valence-corrected chi connectivity index (χ3v) is 2.50. The Bertz CT molecular complexity index is 671. The summed E-state index contributed by atoms with van der Waals surface area (Å²) < 4.78 is 20.1. The van der Waals surface area contributed by atoms with Crippen molar-refractivity contribution in [3.05, 3.63) is 28.3 Å². The highest BCUT2D eigenvalue weighted by Gasteiger charge is 2.19. The van der Waals surface area contributed by atoms with Crippen molar-refractivity contribution in [1.82, 2.24) is 15.0 Å². The lowest BCUT2D eigenvalue weighted by atomic mass is 10.3. The van der Waals surface area contributed by atoms with Crippen LogP contribution in [-0.2, 0) is 0 Å². The van der Waals surface area contributed by atoms with E-state index in [1.807, 2.05) is 0 Å². The Morgan fingerprint density at radius 3 is 2.05 bits per heavy atom. The monoisotopic (exact) mass is 308 g/mol. The standard InChI is InChI=1S/C12H12N4O6/c1-19-7-4-5-8(16(17)18)9(6-7)22-12-14-10(20-2)13-11(15-12)21-3/h4-6H,1-3H3. The zero-order valence-corrected chi connectivity index (χ0v) is 12.0. The lowest BCUT2D eigenvalue weighted by molar-refractivity contribution is -0.385. The van der Waals surface area contributed by atoms with Crippen LogP contribution in [0.25, 0.3) is 0 Å². The van der Waals surface area contributed by atoms with Gasteiger partial charge in [-0.1, -0.05) is 0 Å². The van der Waals surface area contributed by atoms with Gasteiger partial charge in [-0.25, -0.2) is 0 Å². The molecule has 0 amide bonds. The quantitative estimate of drug-likeness (QED) is 0.578. The van der Waals surface area contributed by atoms with E-state index in [2.05, 4.69) is 15.0 Å². The highest BCUT2D eigenvalue weighted by molar-refractivity contribution is 5.51. The van der Waals surface area contributed by atoms with Crippen LogP contribution in [0.5, 0.6) is 29.5 Å². The Balaban J connectivity index is 2.43. The molecule has 0 aliphatic carbocycles. The molecule has 1 aromatic heterocycles. The van der Waals surface area contributed by atoms with Crippen LogP contribution < -0.4 is 18.9 Å². The van der Waals surface area contributed by atoms with E-state index in [0.29, 0.717) is 5.75 Å². The van der Waals surface area contributed by atoms with Crippen LogP contribution in [0.15, 0.2) is 18.2 Å². The van der Waals surface area contributed by atoms with E-state index in [1.165, 1.54) is 39.5 Å². The zero-order valence-electron chi connectivity index (χ0n) is 12.0. The molecule has 10 nitrogen and oxygen atoms in total. The molecular weight excluding hydrogens is 296 g/mol. The van der Waals surface area contributed by atoms with Gasteiger partial charge in [0, 0.05) is 12.1 Å². The summed E-state index contributed by atoms with van der Waals surface area (Å²) >= 11 is 0. The first-order chi connectivity index (χ1) is 10.6. The molecule has 0 saturated carbocycles. The maximum absolute atomic E-state index is 11.0. The van der Waals surface area contributed by atoms with Crippen LogP contribution in [0, 0.1) is 10.1 Å². The first kappa shape index (κ1) is 15.2. The molecule has 10 heteroatoms. The van der Waals surface area contributed by atoms with Gasteiger partial charge in [0.05, 0.1) is 26.3 Å². The molecular formula is C12H12N4O6. The first-order valence-corrected chi connectivity index (χ1v) is 5.91. The molecule has 0 unspecified atom stereocenters. The summed E-state index contributed by atoms with van der Waals surface area (Å²) in [5.41, 5.74) is -0.265. The largest absolute Gasteiger partial charge is 0.497 e. The number of methoxy groups -OCH3 is 3. The van der Waals surface area contributed by atoms with Gasteiger partial charge in [-0.3, -0.25) is 10.1 Å². The average Bonchev–Trinajstić information content (AvgIpc) is 2.53. The Hall–Kier alpha value is -3.17. The number of benzene rings is 1. The molecule has 22 heavy (non-hydrogen) atoms. The van der Waals surface area contributed by atoms with E-state index in [9.17, 15) is 10.1 Å². The highest BCUT2D eigenvalue weighted by atomic mass is 16.6. The van der Waals surface area contributed by atoms with Crippen molar-refractivity contribution in [1.29, 1.82) is 0 Å². The molecule has 116 valence electrons. The summed E-state index contributed by atoms with van der Waals surface area (Å²) in [7, 11) is 4.14. The summed E-state index contributed by atoms with van der Waals surface area (Å²) in [6, 6.07) is 3.74. The van der Waals surface area contributed by atoms with Crippen molar-refractivity contribution in [2.24, 2.45) is 0 Å². The summed E-state index contributed by atoms with van der Waals surface area (Å²) in [6.45, 7) is 0. The van der Waals surface area contributed by atoms with Crippen molar-refractivity contribution >= 4 is 5.69 Å². The van der Waals surface area contributed by atoms with Crippen molar-refractivity contribution < 1.29 is 23.9 Å². The molecule has 0 spiro atoms. The maximum atomic E-state index is 11.0. The molecule has 0 atom stereocenters. The maximum Gasteiger partial charge on any atom is 0.331 e. The van der Waals surface area contributed by atoms with Gasteiger partial charge >= 0.3 is 23.7 Å². The van der Waals surface area contributed by atoms with Crippen LogP contribution in [0.2, 0.25) is 0 Å². The lowest BCUT2D eigenvalue weighted by Crippen LogP contribution is -2.02. The number of aromatic nitrogens is 3. The van der Waals surface area contributed by atoms with E-state index in [4.69, 9.17) is 18.9 Å². The fraction of sp³-hybridized carbons (Fsp3) is 0.250. The molecule has 1 aromatic carbocycles. The van der Waals surface area contributed by atoms with E-state index in [0.717, 1.165) is 0 Å². The Kier molecular flexibility index (Phi) is 4.51. The predicted octanol–water partition coefficient (Wildman–Crippen LogP) is 1.60. The number of hydrogen-bond acceptors (Lipinski definition) is 9. The summed E-state index contributed by atoms with van der Waals surface area (Å²) in [6.07, 6.45) is 0. The topological polar surface area (TPSA) is 119 Å². The third kappa shape index (κ3) is 3.29.